The maximum atomic E-state index is 12.5. The van der Waals surface area contributed by atoms with Crippen molar-refractivity contribution < 1.29 is 23.2 Å². The van der Waals surface area contributed by atoms with E-state index in [1.165, 1.54) is 6.07 Å². The Morgan fingerprint density at radius 3 is 1.97 bits per heavy atom. The highest BCUT2D eigenvalue weighted by Crippen LogP contribution is 2.24. The molecule has 0 radical (unpaired) electrons. The average molecular weight is 480 g/mol. The summed E-state index contributed by atoms with van der Waals surface area (Å²) in [6, 6.07) is 28.4. The lowest BCUT2D eigenvalue weighted by Gasteiger charge is -2.06. The van der Waals surface area contributed by atoms with Gasteiger partial charge in [-0.3, -0.25) is 20.4 Å². The van der Waals surface area contributed by atoms with E-state index in [1.807, 2.05) is 60.7 Å². The number of carbonyl (C=O) groups excluding carboxylic acids is 2. The van der Waals surface area contributed by atoms with Crippen LogP contribution < -0.4 is 15.6 Å². The molecule has 2 N–H and O–H groups in total. The molecule has 0 unspecified atom stereocenters. The molecule has 0 aliphatic rings. The first-order valence-corrected chi connectivity index (χ1v) is 11.0. The van der Waals surface area contributed by atoms with E-state index < -0.39 is 11.8 Å². The first-order valence-electron chi connectivity index (χ1n) is 11.0. The highest BCUT2D eigenvalue weighted by atomic mass is 16.5. The van der Waals surface area contributed by atoms with Gasteiger partial charge in [0.15, 0.2) is 5.76 Å². The molecule has 2 amide bonds. The van der Waals surface area contributed by atoms with Crippen molar-refractivity contribution in [1.29, 1.82) is 0 Å². The number of nitrogens with zero attached hydrogens (tertiary/aromatic N) is 2. The number of hydrazine groups is 1. The van der Waals surface area contributed by atoms with E-state index >= 15 is 0 Å². The molecule has 0 saturated carbocycles. The molecule has 0 atom stereocenters. The van der Waals surface area contributed by atoms with Crippen LogP contribution in [0.3, 0.4) is 0 Å². The minimum Gasteiger partial charge on any atom is -0.486 e. The number of furan rings is 1. The Morgan fingerprint density at radius 1 is 0.667 bits per heavy atom. The second-order valence-electron chi connectivity index (χ2n) is 7.63. The minimum atomic E-state index is -0.592. The second-order valence-corrected chi connectivity index (χ2v) is 7.63. The van der Waals surface area contributed by atoms with Crippen LogP contribution in [0, 0.1) is 0 Å². The molecule has 2 heterocycles. The molecule has 5 rings (SSSR count). The van der Waals surface area contributed by atoms with E-state index in [0.717, 1.165) is 5.56 Å². The van der Waals surface area contributed by atoms with Crippen LogP contribution in [-0.4, -0.2) is 22.0 Å². The Kier molecular flexibility index (Phi) is 6.53. The third-order valence-electron chi connectivity index (χ3n) is 5.14. The van der Waals surface area contributed by atoms with Gasteiger partial charge in [0.2, 0.25) is 11.8 Å². The quantitative estimate of drug-likeness (QED) is 0.325. The van der Waals surface area contributed by atoms with Crippen molar-refractivity contribution in [1.82, 2.24) is 21.0 Å². The van der Waals surface area contributed by atoms with Crippen LogP contribution in [0.25, 0.3) is 22.9 Å². The van der Waals surface area contributed by atoms with Crippen molar-refractivity contribution in [2.75, 3.05) is 0 Å². The number of amides is 2. The minimum absolute atomic E-state index is 0.0444. The maximum absolute atomic E-state index is 12.5. The summed E-state index contributed by atoms with van der Waals surface area (Å²) in [6.45, 7) is 0.170. The third kappa shape index (κ3) is 5.31. The monoisotopic (exact) mass is 480 g/mol. The molecule has 0 aliphatic heterocycles. The summed E-state index contributed by atoms with van der Waals surface area (Å²) in [6.07, 6.45) is 0. The molecular weight excluding hydrogens is 460 g/mol. The number of benzene rings is 3. The molecule has 178 valence electrons. The van der Waals surface area contributed by atoms with Crippen LogP contribution in [0.5, 0.6) is 5.75 Å². The van der Waals surface area contributed by atoms with Crippen LogP contribution in [-0.2, 0) is 6.61 Å². The third-order valence-corrected chi connectivity index (χ3v) is 5.14. The number of para-hydroxylation sites is 1. The van der Waals surface area contributed by atoms with Crippen molar-refractivity contribution >= 4 is 11.8 Å². The smallest absolute Gasteiger partial charge is 0.305 e. The van der Waals surface area contributed by atoms with Gasteiger partial charge >= 0.3 is 5.91 Å². The van der Waals surface area contributed by atoms with Crippen molar-refractivity contribution in [3.05, 3.63) is 114 Å². The van der Waals surface area contributed by atoms with Crippen LogP contribution in [0.15, 0.2) is 106 Å². The molecule has 0 spiro atoms. The van der Waals surface area contributed by atoms with Gasteiger partial charge in [0.1, 0.15) is 18.1 Å². The van der Waals surface area contributed by atoms with Gasteiger partial charge in [-0.05, 0) is 60.7 Å². The fourth-order valence-corrected chi connectivity index (χ4v) is 3.30. The zero-order valence-electron chi connectivity index (χ0n) is 18.9. The van der Waals surface area contributed by atoms with Crippen molar-refractivity contribution in [3.63, 3.8) is 0 Å². The van der Waals surface area contributed by atoms with Crippen molar-refractivity contribution in [3.8, 4) is 28.7 Å². The van der Waals surface area contributed by atoms with E-state index in [-0.39, 0.29) is 12.4 Å². The van der Waals surface area contributed by atoms with Gasteiger partial charge in [0.05, 0.1) is 0 Å². The molecule has 0 bridgehead atoms. The lowest BCUT2D eigenvalue weighted by molar-refractivity contribution is 0.0828. The van der Waals surface area contributed by atoms with Crippen molar-refractivity contribution in [2.24, 2.45) is 0 Å². The normalized spacial score (nSPS) is 10.6. The number of hydrogen-bond acceptors (Lipinski definition) is 7. The Bertz CT molecular complexity index is 1460. The molecule has 5 aromatic rings. The fourth-order valence-electron chi connectivity index (χ4n) is 3.30. The van der Waals surface area contributed by atoms with E-state index in [9.17, 15) is 9.59 Å². The molecule has 3 aromatic carbocycles. The molecule has 2 aromatic heterocycles. The second kappa shape index (κ2) is 10.4. The zero-order chi connectivity index (χ0) is 24.7. The fraction of sp³-hybridized carbons (Fsp3) is 0.0370. The summed E-state index contributed by atoms with van der Waals surface area (Å²) < 4.78 is 16.8. The molecule has 0 fully saturated rings. The predicted octanol–water partition coefficient (Wildman–Crippen LogP) is 4.65. The van der Waals surface area contributed by atoms with Crippen LogP contribution in [0.1, 0.15) is 26.7 Å². The van der Waals surface area contributed by atoms with Crippen molar-refractivity contribution in [2.45, 2.75) is 6.61 Å². The summed E-state index contributed by atoms with van der Waals surface area (Å²) in [5.41, 5.74) is 6.51. The highest BCUT2D eigenvalue weighted by Gasteiger charge is 2.15. The summed E-state index contributed by atoms with van der Waals surface area (Å²) in [5.74, 6) is 0.857. The molecular formula is C27H20N4O5. The standard InChI is InChI=1S/C27H20N4O5/c32-24(28-29-25(33)23-16-15-22(35-23)17-34-21-9-5-2-6-10-21)18-11-13-20(14-12-18)27-31-30-26(36-27)19-7-3-1-4-8-19/h1-16H,17H2,(H,28,32)(H,29,33). The Labute approximate surface area is 205 Å². The van der Waals surface area contributed by atoms with Gasteiger partial charge in [-0.15, -0.1) is 10.2 Å². The van der Waals surface area contributed by atoms with Gasteiger partial charge in [0.25, 0.3) is 5.91 Å². The first-order chi connectivity index (χ1) is 17.7. The highest BCUT2D eigenvalue weighted by molar-refractivity contribution is 5.98. The lowest BCUT2D eigenvalue weighted by atomic mass is 10.1. The van der Waals surface area contributed by atoms with Crippen LogP contribution in [0.2, 0.25) is 0 Å². The largest absolute Gasteiger partial charge is 0.486 e. The number of aromatic nitrogens is 2. The number of ether oxygens (including phenoxy) is 1. The summed E-state index contributed by atoms with van der Waals surface area (Å²) in [4.78, 5) is 24.8. The van der Waals surface area contributed by atoms with E-state index in [0.29, 0.717) is 34.4 Å². The Hall–Kier alpha value is -5.18. The molecule has 36 heavy (non-hydrogen) atoms. The molecule has 9 heteroatoms. The summed E-state index contributed by atoms with van der Waals surface area (Å²) in [7, 11) is 0. The zero-order valence-corrected chi connectivity index (χ0v) is 18.9. The Morgan fingerprint density at radius 2 is 1.28 bits per heavy atom. The van der Waals surface area contributed by atoms with Gasteiger partial charge in [-0.1, -0.05) is 36.4 Å². The van der Waals surface area contributed by atoms with Gasteiger partial charge in [0, 0.05) is 16.7 Å². The molecule has 0 aliphatic carbocycles. The predicted molar refractivity (Wildman–Crippen MR) is 130 cm³/mol. The summed E-state index contributed by atoms with van der Waals surface area (Å²) >= 11 is 0. The van der Waals surface area contributed by atoms with E-state index in [4.69, 9.17) is 13.6 Å². The van der Waals surface area contributed by atoms with Crippen LogP contribution >= 0.6 is 0 Å². The number of nitrogens with one attached hydrogen (secondary N) is 2. The van der Waals surface area contributed by atoms with Gasteiger partial charge < -0.3 is 13.6 Å². The Balaban J connectivity index is 1.14. The topological polar surface area (TPSA) is 119 Å². The molecule has 9 nitrogen and oxygen atoms in total. The number of carbonyl (C=O) groups is 2. The average Bonchev–Trinajstić information content (AvgIpc) is 3.62. The number of rotatable bonds is 7. The summed E-state index contributed by atoms with van der Waals surface area (Å²) in [5, 5.41) is 8.14. The van der Waals surface area contributed by atoms with E-state index in [2.05, 4.69) is 21.0 Å². The SMILES string of the molecule is O=C(NNC(=O)c1ccc(COc2ccccc2)o1)c1ccc(-c2nnc(-c3ccccc3)o2)cc1. The first kappa shape index (κ1) is 22.6. The number of hydrogen-bond donors (Lipinski definition) is 2. The molecule has 0 saturated heterocycles. The van der Waals surface area contributed by atoms with E-state index in [1.54, 1.807) is 30.3 Å². The maximum Gasteiger partial charge on any atom is 0.305 e. The van der Waals surface area contributed by atoms with Gasteiger partial charge in [-0.25, -0.2) is 0 Å². The lowest BCUT2D eigenvalue weighted by Crippen LogP contribution is -2.41. The van der Waals surface area contributed by atoms with Crippen LogP contribution in [0.4, 0.5) is 0 Å². The van der Waals surface area contributed by atoms with Gasteiger partial charge in [-0.2, -0.15) is 0 Å².